The van der Waals surface area contributed by atoms with E-state index in [1.807, 2.05) is 13.8 Å². The molecule has 0 spiro atoms. The second-order valence-electron chi connectivity index (χ2n) is 16.9. The van der Waals surface area contributed by atoms with Crippen LogP contribution in [0.1, 0.15) is 85.5 Å². The summed E-state index contributed by atoms with van der Waals surface area (Å²) >= 11 is 0. The second-order valence-corrected chi connectivity index (χ2v) is 16.9. The van der Waals surface area contributed by atoms with Crippen molar-refractivity contribution in [3.05, 3.63) is 36.5 Å². The third kappa shape index (κ3) is 8.94. The van der Waals surface area contributed by atoms with Gasteiger partial charge in [0.2, 0.25) is 0 Å². The van der Waals surface area contributed by atoms with Gasteiger partial charge in [0, 0.05) is 32.1 Å². The van der Waals surface area contributed by atoms with Crippen molar-refractivity contribution in [2.45, 2.75) is 153 Å². The van der Waals surface area contributed by atoms with Crippen LogP contribution in [0.2, 0.25) is 0 Å². The monoisotopic (exact) mass is 757 g/mol. The molecule has 0 aromatic carbocycles. The third-order valence-electron chi connectivity index (χ3n) is 13.4. The summed E-state index contributed by atoms with van der Waals surface area (Å²) in [5, 5.41) is 0. The Bertz CT molecular complexity index is 1350. The summed E-state index contributed by atoms with van der Waals surface area (Å²) in [6.45, 7) is 12.3. The number of cyclic esters (lactones) is 1. The fourth-order valence-corrected chi connectivity index (χ4v) is 10.5. The molecular formula is C43H67NO10. The number of ketones is 1. The van der Waals surface area contributed by atoms with Crippen LogP contribution in [-0.4, -0.2) is 119 Å². The van der Waals surface area contributed by atoms with E-state index in [4.69, 9.17) is 37.9 Å². The zero-order chi connectivity index (χ0) is 38.7. The molecule has 6 aliphatic rings. The fourth-order valence-electron chi connectivity index (χ4n) is 10.5. The molecule has 0 aromatic rings. The lowest BCUT2D eigenvalue weighted by Crippen LogP contribution is -2.60. The predicted octanol–water partition coefficient (Wildman–Crippen LogP) is 6.04. The molecule has 1 saturated carbocycles. The minimum absolute atomic E-state index is 0.0339. The van der Waals surface area contributed by atoms with Crippen LogP contribution in [0, 0.1) is 35.5 Å². The highest BCUT2D eigenvalue weighted by molar-refractivity contribution is 5.99. The van der Waals surface area contributed by atoms with Crippen molar-refractivity contribution < 1.29 is 47.5 Å². The minimum atomic E-state index is -0.626. The number of Topliss-reactive ketones (excluding diaryl/α,β-unsaturated/α-hetero) is 1. The highest BCUT2D eigenvalue weighted by atomic mass is 16.7. The normalized spacial score (nSPS) is 44.4. The summed E-state index contributed by atoms with van der Waals surface area (Å²) < 4.78 is 50.1. The fraction of sp³-hybridized carbons (Fsp3) is 0.814. The number of fused-ring (bicyclic) bond motifs is 5. The maximum atomic E-state index is 14.7. The molecular weight excluding hydrogens is 690 g/mol. The molecule has 3 saturated heterocycles. The molecule has 0 N–H and O–H groups in total. The number of esters is 1. The van der Waals surface area contributed by atoms with Crippen molar-refractivity contribution in [3.63, 3.8) is 0 Å². The van der Waals surface area contributed by atoms with E-state index >= 15 is 0 Å². The van der Waals surface area contributed by atoms with Crippen molar-refractivity contribution in [2.75, 3.05) is 34.9 Å². The molecule has 3 aliphatic heterocycles. The van der Waals surface area contributed by atoms with Gasteiger partial charge in [-0.1, -0.05) is 38.2 Å². The average molecular weight is 758 g/mol. The van der Waals surface area contributed by atoms with Gasteiger partial charge in [0.05, 0.1) is 37.4 Å². The van der Waals surface area contributed by atoms with Crippen molar-refractivity contribution in [3.8, 4) is 0 Å². The lowest BCUT2D eigenvalue weighted by molar-refractivity contribution is -0.316. The molecule has 0 amide bonds. The first-order valence-electron chi connectivity index (χ1n) is 20.7. The van der Waals surface area contributed by atoms with Crippen LogP contribution < -0.4 is 0 Å². The van der Waals surface area contributed by atoms with Crippen LogP contribution >= 0.6 is 0 Å². The molecule has 17 atom stereocenters. The summed E-state index contributed by atoms with van der Waals surface area (Å²) in [7, 11) is 7.48. The van der Waals surface area contributed by atoms with Gasteiger partial charge in [-0.25, -0.2) is 0 Å². The third-order valence-corrected chi connectivity index (χ3v) is 13.4. The standard InChI is InChI=1S/C43H67NO10/c1-10-19-49-41-40(47-8)26(5)51-43(42(41)48-9)53-29-20-27-15-16-30-32(31(27)21-29)22-34-33(30)23-37(45)52-28(11-2)13-12-14-36(24(3)39(34)46)54-38-18-17-35(44(6)7)25(4)50-38/h10,15-16,22,24-33,35-36,38,40-43H,1,11-14,17-21,23H2,2-9H3/t24-,25-,26+,27-,28+,29-,30-,31-,32-,33+,35+,36+,38+,40+,41-,42-,43+/m1/s1. The van der Waals surface area contributed by atoms with Gasteiger partial charge in [-0.3, -0.25) is 9.59 Å². The van der Waals surface area contributed by atoms with Crippen LogP contribution in [-0.2, 0) is 47.5 Å². The first kappa shape index (κ1) is 41.7. The zero-order valence-electron chi connectivity index (χ0n) is 33.9. The van der Waals surface area contributed by atoms with Crippen molar-refractivity contribution in [1.29, 1.82) is 0 Å². The minimum Gasteiger partial charge on any atom is -0.462 e. The Morgan fingerprint density at radius 1 is 0.907 bits per heavy atom. The number of likely N-dealkylation sites (N-methyl/N-ethyl adjacent to an activating group) is 1. The second kappa shape index (κ2) is 18.5. The molecule has 3 heterocycles. The highest BCUT2D eigenvalue weighted by Crippen LogP contribution is 2.54. The lowest BCUT2D eigenvalue weighted by Gasteiger charge is -2.44. The number of nitrogens with zero attached hydrogens (tertiary/aromatic N) is 1. The molecule has 0 bridgehead atoms. The van der Waals surface area contributed by atoms with Crippen molar-refractivity contribution in [1.82, 2.24) is 4.90 Å². The van der Waals surface area contributed by atoms with Gasteiger partial charge in [-0.2, -0.15) is 0 Å². The van der Waals surface area contributed by atoms with E-state index in [2.05, 4.69) is 57.6 Å². The van der Waals surface area contributed by atoms with Crippen LogP contribution in [0.25, 0.3) is 0 Å². The summed E-state index contributed by atoms with van der Waals surface area (Å²) in [4.78, 5) is 30.4. The Hall–Kier alpha value is -1.96. The number of carbonyl (C=O) groups is 2. The van der Waals surface area contributed by atoms with Crippen molar-refractivity contribution in [2.24, 2.45) is 35.5 Å². The number of hydrogen-bond acceptors (Lipinski definition) is 11. The average Bonchev–Trinajstić information content (AvgIpc) is 3.72. The molecule has 3 aliphatic carbocycles. The van der Waals surface area contributed by atoms with E-state index in [1.165, 1.54) is 0 Å². The maximum Gasteiger partial charge on any atom is 0.306 e. The van der Waals surface area contributed by atoms with Gasteiger partial charge in [0.15, 0.2) is 18.4 Å². The Balaban J connectivity index is 1.20. The van der Waals surface area contributed by atoms with Crippen LogP contribution in [0.4, 0.5) is 0 Å². The van der Waals surface area contributed by atoms with E-state index in [9.17, 15) is 9.59 Å². The highest BCUT2D eigenvalue weighted by Gasteiger charge is 2.53. The molecule has 0 radical (unpaired) electrons. The van der Waals surface area contributed by atoms with E-state index < -0.39 is 12.4 Å². The molecule has 4 fully saturated rings. The smallest absolute Gasteiger partial charge is 0.306 e. The number of ether oxygens (including phenoxy) is 8. The first-order valence-corrected chi connectivity index (χ1v) is 20.7. The van der Waals surface area contributed by atoms with E-state index in [-0.39, 0.29) is 103 Å². The van der Waals surface area contributed by atoms with Gasteiger partial charge >= 0.3 is 5.97 Å². The molecule has 11 nitrogen and oxygen atoms in total. The Morgan fingerprint density at radius 2 is 1.69 bits per heavy atom. The summed E-state index contributed by atoms with van der Waals surface area (Å²) in [6, 6.07) is 0.335. The molecule has 11 heteroatoms. The van der Waals surface area contributed by atoms with Gasteiger partial charge in [0.25, 0.3) is 0 Å². The van der Waals surface area contributed by atoms with Crippen LogP contribution in [0.5, 0.6) is 0 Å². The van der Waals surface area contributed by atoms with E-state index in [1.54, 1.807) is 20.3 Å². The van der Waals surface area contributed by atoms with Crippen LogP contribution in [0.15, 0.2) is 36.5 Å². The molecule has 0 aromatic heterocycles. The zero-order valence-corrected chi connectivity index (χ0v) is 33.9. The van der Waals surface area contributed by atoms with Gasteiger partial charge in [-0.05, 0) is 109 Å². The van der Waals surface area contributed by atoms with Crippen LogP contribution in [0.3, 0.4) is 0 Å². The maximum absolute atomic E-state index is 14.7. The summed E-state index contributed by atoms with van der Waals surface area (Å²) in [5.74, 6) is -0.0558. The largest absolute Gasteiger partial charge is 0.462 e. The molecule has 304 valence electrons. The number of carbonyl (C=O) groups excluding carboxylic acids is 2. The van der Waals surface area contributed by atoms with Crippen molar-refractivity contribution >= 4 is 11.8 Å². The van der Waals surface area contributed by atoms with E-state index in [0.29, 0.717) is 19.1 Å². The number of rotatable bonds is 11. The van der Waals surface area contributed by atoms with Gasteiger partial charge in [-0.15, -0.1) is 6.58 Å². The van der Waals surface area contributed by atoms with Gasteiger partial charge in [0.1, 0.15) is 24.4 Å². The first-order chi connectivity index (χ1) is 26.0. The molecule has 0 unspecified atom stereocenters. The van der Waals surface area contributed by atoms with Gasteiger partial charge < -0.3 is 42.8 Å². The number of allylic oxidation sites excluding steroid dienone is 4. The Labute approximate surface area is 323 Å². The Morgan fingerprint density at radius 3 is 2.37 bits per heavy atom. The quantitative estimate of drug-likeness (QED) is 0.182. The number of methoxy groups -OCH3 is 2. The molecule has 6 rings (SSSR count). The number of hydrogen-bond donors (Lipinski definition) is 0. The predicted molar refractivity (Wildman–Crippen MR) is 203 cm³/mol. The lowest BCUT2D eigenvalue weighted by atomic mass is 9.70. The van der Waals surface area contributed by atoms with E-state index in [0.717, 1.165) is 50.5 Å². The topological polar surface area (TPSA) is 111 Å². The summed E-state index contributed by atoms with van der Waals surface area (Å²) in [6.07, 6.45) is 12.2. The Kier molecular flexibility index (Phi) is 14.3. The molecule has 54 heavy (non-hydrogen) atoms. The summed E-state index contributed by atoms with van der Waals surface area (Å²) in [5.41, 5.74) is 0.758. The SMILES string of the molecule is C=CCO[C@@H]1[C@@H](OC)[C@H](C)O[C@@H](O[C@H]2C[C@H]3[C@@H]4C=C5C(=O)[C@H](C)[C@@H](O[C@H]6CC[C@H](N(C)C)[C@@H](C)O6)CCC[C@H](CC)OC(=O)C[C@H]5[C@@H]4C=C[C@@H]3C2)[C@@H]1OC.